The highest BCUT2D eigenvalue weighted by molar-refractivity contribution is 7.22. The van der Waals surface area contributed by atoms with E-state index in [4.69, 9.17) is 20.2 Å². The van der Waals surface area contributed by atoms with E-state index < -0.39 is 5.54 Å². The van der Waals surface area contributed by atoms with Crippen molar-refractivity contribution in [3.63, 3.8) is 0 Å². The fraction of sp³-hybridized carbons (Fsp3) is 0.435. The Morgan fingerprint density at radius 2 is 1.61 bits per heavy atom. The molecule has 31 heavy (non-hydrogen) atoms. The van der Waals surface area contributed by atoms with E-state index in [-0.39, 0.29) is 37.0 Å². The van der Waals surface area contributed by atoms with Gasteiger partial charge in [-0.15, -0.1) is 24.8 Å². The zero-order valence-electron chi connectivity index (χ0n) is 17.7. The maximum atomic E-state index is 6.92. The van der Waals surface area contributed by atoms with Gasteiger partial charge in [-0.3, -0.25) is 0 Å². The van der Waals surface area contributed by atoms with Crippen molar-refractivity contribution in [2.24, 2.45) is 11.7 Å². The van der Waals surface area contributed by atoms with Gasteiger partial charge in [0.15, 0.2) is 22.7 Å². The molecular formula is C23H29Cl2N3O2S. The monoisotopic (exact) mass is 481 g/mol. The number of halogens is 2. The lowest BCUT2D eigenvalue weighted by Gasteiger charge is -2.47. The molecule has 3 aromatic rings. The molecule has 0 aliphatic carbocycles. The molecule has 2 aliphatic rings. The van der Waals surface area contributed by atoms with Crippen molar-refractivity contribution in [2.75, 3.05) is 18.0 Å². The maximum Gasteiger partial charge on any atom is 0.186 e. The fourth-order valence-electron chi connectivity index (χ4n) is 4.69. The molecule has 0 amide bonds. The topological polar surface area (TPSA) is 60.6 Å². The van der Waals surface area contributed by atoms with Crippen LogP contribution >= 0.6 is 36.2 Å². The van der Waals surface area contributed by atoms with Crippen molar-refractivity contribution in [2.45, 2.75) is 44.4 Å². The molecule has 3 unspecified atom stereocenters. The third-order valence-corrected chi connectivity index (χ3v) is 7.48. The van der Waals surface area contributed by atoms with E-state index in [1.54, 1.807) is 11.3 Å². The van der Waals surface area contributed by atoms with Crippen molar-refractivity contribution in [1.82, 2.24) is 4.98 Å². The van der Waals surface area contributed by atoms with Crippen molar-refractivity contribution in [3.8, 4) is 11.5 Å². The molecule has 0 radical (unpaired) electrons. The van der Waals surface area contributed by atoms with E-state index in [2.05, 4.69) is 36.9 Å². The Balaban J connectivity index is 0.00000136. The highest BCUT2D eigenvalue weighted by Crippen LogP contribution is 2.40. The average molecular weight is 482 g/mol. The Kier molecular flexibility index (Phi) is 7.26. The van der Waals surface area contributed by atoms with Crippen LogP contribution < -0.4 is 20.1 Å². The lowest BCUT2D eigenvalue weighted by Crippen LogP contribution is -2.63. The van der Waals surface area contributed by atoms with Gasteiger partial charge in [0, 0.05) is 13.1 Å². The van der Waals surface area contributed by atoms with E-state index in [0.717, 1.165) is 48.1 Å². The highest BCUT2D eigenvalue weighted by Gasteiger charge is 2.46. The van der Waals surface area contributed by atoms with Gasteiger partial charge in [-0.05, 0) is 56.9 Å². The third kappa shape index (κ3) is 4.44. The average Bonchev–Trinajstić information content (AvgIpc) is 3.17. The minimum atomic E-state index is -0.466. The molecule has 8 heteroatoms. The fourth-order valence-corrected chi connectivity index (χ4v) is 5.71. The van der Waals surface area contributed by atoms with Gasteiger partial charge in [0.25, 0.3) is 0 Å². The van der Waals surface area contributed by atoms with Crippen LogP contribution in [-0.4, -0.2) is 35.8 Å². The summed E-state index contributed by atoms with van der Waals surface area (Å²) in [6.45, 7) is 6.12. The van der Waals surface area contributed by atoms with Gasteiger partial charge in [-0.1, -0.05) is 35.6 Å². The van der Waals surface area contributed by atoms with Crippen LogP contribution in [0.5, 0.6) is 11.5 Å². The molecule has 0 saturated carbocycles. The van der Waals surface area contributed by atoms with Crippen LogP contribution in [0.15, 0.2) is 48.5 Å². The summed E-state index contributed by atoms with van der Waals surface area (Å²) in [7, 11) is 0. The minimum absolute atomic E-state index is 0. The number of aromatic nitrogens is 1. The summed E-state index contributed by atoms with van der Waals surface area (Å²) in [5.41, 5.74) is 7.54. The van der Waals surface area contributed by atoms with E-state index >= 15 is 0 Å². The molecule has 2 N–H and O–H groups in total. The Hall–Kier alpha value is -1.73. The van der Waals surface area contributed by atoms with E-state index in [1.807, 2.05) is 30.3 Å². The van der Waals surface area contributed by atoms with Crippen molar-refractivity contribution < 1.29 is 9.47 Å². The summed E-state index contributed by atoms with van der Waals surface area (Å²) >= 11 is 1.77. The molecule has 0 spiro atoms. The summed E-state index contributed by atoms with van der Waals surface area (Å²) in [4.78, 5) is 7.22. The van der Waals surface area contributed by atoms with Crippen molar-refractivity contribution in [3.05, 3.63) is 48.5 Å². The number of benzene rings is 2. The van der Waals surface area contributed by atoms with Crippen LogP contribution in [0.3, 0.4) is 0 Å². The molecule has 3 heterocycles. The second-order valence-electron chi connectivity index (χ2n) is 8.40. The van der Waals surface area contributed by atoms with Crippen molar-refractivity contribution >= 4 is 51.5 Å². The van der Waals surface area contributed by atoms with Gasteiger partial charge < -0.3 is 20.1 Å². The number of nitrogens with two attached hydrogens (primary N) is 1. The van der Waals surface area contributed by atoms with Crippen molar-refractivity contribution in [1.29, 1.82) is 0 Å². The lowest BCUT2D eigenvalue weighted by atomic mass is 9.74. The van der Waals surface area contributed by atoms with Gasteiger partial charge in [0.1, 0.15) is 6.10 Å². The van der Waals surface area contributed by atoms with Gasteiger partial charge in [0.2, 0.25) is 0 Å². The number of nitrogens with zero attached hydrogens (tertiary/aromatic N) is 2. The molecule has 2 aromatic carbocycles. The quantitative estimate of drug-likeness (QED) is 0.549. The van der Waals surface area contributed by atoms with Crippen LogP contribution in [0, 0.1) is 5.92 Å². The van der Waals surface area contributed by atoms with Crippen LogP contribution in [-0.2, 0) is 0 Å². The summed E-state index contributed by atoms with van der Waals surface area (Å²) < 4.78 is 13.7. The Bertz CT molecular complexity index is 988. The zero-order chi connectivity index (χ0) is 20.0. The normalized spacial score (nSPS) is 22.9. The number of rotatable bonds is 3. The number of fused-ring (bicyclic) bond motifs is 2. The Labute approximate surface area is 199 Å². The number of hydrogen-bond donors (Lipinski definition) is 1. The molecule has 1 aromatic heterocycles. The Morgan fingerprint density at radius 1 is 1.00 bits per heavy atom. The minimum Gasteiger partial charge on any atom is -0.483 e. The van der Waals surface area contributed by atoms with Gasteiger partial charge in [-0.2, -0.15) is 0 Å². The first-order valence-corrected chi connectivity index (χ1v) is 11.2. The SMILES string of the molecule is CC1Oc2ccccc2OC1C(C)(N)C1CCN(c2nc3ccccc3s2)CC1.Cl.Cl. The number of anilines is 1. The number of piperidine rings is 1. The first kappa shape index (κ1) is 23.9. The summed E-state index contributed by atoms with van der Waals surface area (Å²) in [6.07, 6.45) is 1.80. The van der Waals surface area contributed by atoms with E-state index in [0.29, 0.717) is 5.92 Å². The third-order valence-electron chi connectivity index (χ3n) is 6.38. The Morgan fingerprint density at radius 3 is 2.29 bits per heavy atom. The van der Waals surface area contributed by atoms with Gasteiger partial charge >= 0.3 is 0 Å². The highest BCUT2D eigenvalue weighted by atomic mass is 35.5. The molecule has 168 valence electrons. The summed E-state index contributed by atoms with van der Waals surface area (Å²) in [5.74, 6) is 1.96. The van der Waals surface area contributed by atoms with Gasteiger partial charge in [0.05, 0.1) is 15.8 Å². The molecule has 5 nitrogen and oxygen atoms in total. The van der Waals surface area contributed by atoms with Gasteiger partial charge in [-0.25, -0.2) is 4.98 Å². The number of ether oxygens (including phenoxy) is 2. The number of hydrogen-bond acceptors (Lipinski definition) is 6. The van der Waals surface area contributed by atoms with Crippen LogP contribution in [0.4, 0.5) is 5.13 Å². The predicted octanol–water partition coefficient (Wildman–Crippen LogP) is 5.30. The smallest absolute Gasteiger partial charge is 0.186 e. The standard InChI is InChI=1S/C23H27N3O2S.2ClH/c1-15-21(28-19-9-5-4-8-18(19)27-15)23(2,24)16-11-13-26(14-12-16)22-25-17-7-3-6-10-20(17)29-22;;/h3-10,15-16,21H,11-14,24H2,1-2H3;2*1H. The van der Waals surface area contributed by atoms with E-state index in [9.17, 15) is 0 Å². The van der Waals surface area contributed by atoms with Crippen LogP contribution in [0.25, 0.3) is 10.2 Å². The lowest BCUT2D eigenvalue weighted by molar-refractivity contribution is -0.0331. The molecule has 3 atom stereocenters. The molecule has 1 fully saturated rings. The zero-order valence-corrected chi connectivity index (χ0v) is 20.1. The molecule has 2 aliphatic heterocycles. The summed E-state index contributed by atoms with van der Waals surface area (Å²) in [5, 5.41) is 1.11. The maximum absolute atomic E-state index is 6.92. The molecular weight excluding hydrogens is 453 g/mol. The molecule has 1 saturated heterocycles. The van der Waals surface area contributed by atoms with E-state index in [1.165, 1.54) is 4.70 Å². The first-order valence-electron chi connectivity index (χ1n) is 10.3. The number of thiazole rings is 1. The molecule has 0 bridgehead atoms. The summed E-state index contributed by atoms with van der Waals surface area (Å²) in [6, 6.07) is 16.2. The molecule has 5 rings (SSSR count). The first-order chi connectivity index (χ1) is 14.0. The predicted molar refractivity (Wildman–Crippen MR) is 133 cm³/mol. The number of para-hydroxylation sites is 3. The second-order valence-corrected chi connectivity index (χ2v) is 9.41. The van der Waals surface area contributed by atoms with Crippen LogP contribution in [0.2, 0.25) is 0 Å². The van der Waals surface area contributed by atoms with Crippen LogP contribution in [0.1, 0.15) is 26.7 Å². The largest absolute Gasteiger partial charge is 0.483 e. The second kappa shape index (κ2) is 9.41.